The molecule has 2 saturated heterocycles. The van der Waals surface area contributed by atoms with Gasteiger partial charge in [-0.15, -0.1) is 29.7 Å². The van der Waals surface area contributed by atoms with Crippen LogP contribution < -0.4 is 67.5 Å². The maximum atomic E-state index is 12.3. The summed E-state index contributed by atoms with van der Waals surface area (Å²) < 4.78 is 0. The molecule has 0 bridgehead atoms. The van der Waals surface area contributed by atoms with E-state index in [1.54, 1.807) is 0 Å². The van der Waals surface area contributed by atoms with E-state index in [1.807, 2.05) is 0 Å². The fourth-order valence-electron chi connectivity index (χ4n) is 2.74. The van der Waals surface area contributed by atoms with Gasteiger partial charge in [-0.25, -0.2) is 4.98 Å². The third-order valence-corrected chi connectivity index (χ3v) is 6.49. The Bertz CT molecular complexity index is 831. The van der Waals surface area contributed by atoms with Crippen LogP contribution in [-0.4, -0.2) is 62.3 Å². The number of carbonyl (C=O) groups excluding carboxylic acids is 3. The van der Waals surface area contributed by atoms with Crippen LogP contribution in [0, 0.1) is 5.41 Å². The second-order valence-corrected chi connectivity index (χ2v) is 7.78. The van der Waals surface area contributed by atoms with Crippen molar-refractivity contribution in [3.63, 3.8) is 0 Å². The van der Waals surface area contributed by atoms with Crippen LogP contribution in [0.1, 0.15) is 5.69 Å². The third-order valence-electron chi connectivity index (χ3n) is 4.27. The molecule has 10 nitrogen and oxygen atoms in total. The largest absolute Gasteiger partial charge is 1.00 e. The van der Waals surface area contributed by atoms with Gasteiger partial charge in [-0.1, -0.05) is 11.2 Å². The van der Waals surface area contributed by atoms with Gasteiger partial charge < -0.3 is 31.1 Å². The number of oxime groups is 1. The Labute approximate surface area is 204 Å². The molecule has 2 aliphatic heterocycles. The summed E-state index contributed by atoms with van der Waals surface area (Å²) in [5.74, 6) is -2.34. The summed E-state index contributed by atoms with van der Waals surface area (Å²) in [5.41, 5.74) is 3.91. The van der Waals surface area contributed by atoms with Gasteiger partial charge in [0.25, 0.3) is 5.91 Å². The Kier molecular flexibility index (Phi) is 7.10. The van der Waals surface area contributed by atoms with Crippen molar-refractivity contribution >= 4 is 51.7 Å². The molecular weight excluding hydrogens is 421 g/mol. The van der Waals surface area contributed by atoms with Gasteiger partial charge in [0.05, 0.1) is 11.4 Å². The second-order valence-electron chi connectivity index (χ2n) is 5.79. The first-order chi connectivity index (χ1) is 12.3. The van der Waals surface area contributed by atoms with Crippen LogP contribution in [0.25, 0.3) is 0 Å². The molecule has 3 atom stereocenters. The zero-order chi connectivity index (χ0) is 19.1. The number of thioether (sulfide) groups is 1. The normalized spacial score (nSPS) is 27.0. The molecular formula is C14H14KN5O5S2. The number of nitrogen functional groups attached to an aromatic ring is 1. The number of carboxylic acids is 1. The van der Waals surface area contributed by atoms with E-state index in [2.05, 4.69) is 22.0 Å². The fourth-order valence-corrected chi connectivity index (χ4v) is 4.82. The second kappa shape index (κ2) is 8.59. The number of carboxylic acid groups (broad SMARTS) is 1. The Morgan fingerprint density at radius 1 is 1.59 bits per heavy atom. The number of β-lactam (4-membered cyclic amide) rings is 1. The Morgan fingerprint density at radius 2 is 2.30 bits per heavy atom. The summed E-state index contributed by atoms with van der Waals surface area (Å²) in [6.07, 6.45) is 1.27. The van der Waals surface area contributed by atoms with Crippen LogP contribution in [0.4, 0.5) is 5.13 Å². The van der Waals surface area contributed by atoms with Crippen molar-refractivity contribution in [2.24, 2.45) is 10.6 Å². The minimum Gasteiger partial charge on any atom is -0.549 e. The van der Waals surface area contributed by atoms with Gasteiger partial charge in [-0.05, 0) is 0 Å². The van der Waals surface area contributed by atoms with Crippen molar-refractivity contribution in [1.29, 1.82) is 0 Å². The van der Waals surface area contributed by atoms with Crippen molar-refractivity contribution in [2.45, 2.75) is 11.4 Å². The predicted molar refractivity (Wildman–Crippen MR) is 92.4 cm³/mol. The number of hydrogen-bond acceptors (Lipinski definition) is 10. The third kappa shape index (κ3) is 3.94. The van der Waals surface area contributed by atoms with Gasteiger partial charge in [0.15, 0.2) is 10.8 Å². The fraction of sp³-hybridized carbons (Fsp3) is 0.357. The summed E-state index contributed by atoms with van der Waals surface area (Å²) in [6.45, 7) is 3.46. The standard InChI is InChI=1S/C14H15N5O5S2.K/c1-2-14(12(22)23)4-19-10(21)8(11(19)26-5-14)17-9(20)7(18-24)6-3-25-13(15)16-6;/h2-3,8,11,24H,1,4-5H2,(H2,15,16)(H,17,20)(H,22,23);/q;+1/p-1/t8?,11-,14?;/m1./s1. The summed E-state index contributed by atoms with van der Waals surface area (Å²) in [4.78, 5) is 41.2. The molecule has 2 unspecified atom stereocenters. The van der Waals surface area contributed by atoms with E-state index in [1.165, 1.54) is 28.1 Å². The SMILES string of the molecule is C=CC1(C(=O)[O-])CS[C@@H]2C(NC(=O)C(=NO)c3csc(N)n3)C(=O)N2C1.[K+]. The molecule has 2 fully saturated rings. The molecule has 0 aromatic carbocycles. The van der Waals surface area contributed by atoms with Crippen LogP contribution in [0.15, 0.2) is 23.2 Å². The molecule has 4 N–H and O–H groups in total. The number of anilines is 1. The van der Waals surface area contributed by atoms with Crippen molar-refractivity contribution in [3.05, 3.63) is 23.7 Å². The Balaban J connectivity index is 0.00000261. The first-order valence-corrected chi connectivity index (χ1v) is 9.27. The average Bonchev–Trinajstić information content (AvgIpc) is 3.05. The molecule has 0 spiro atoms. The quantitative estimate of drug-likeness (QED) is 0.104. The van der Waals surface area contributed by atoms with Gasteiger partial charge in [-0.2, -0.15) is 0 Å². The van der Waals surface area contributed by atoms with Crippen molar-refractivity contribution in [1.82, 2.24) is 15.2 Å². The summed E-state index contributed by atoms with van der Waals surface area (Å²) in [7, 11) is 0. The number of hydrogen-bond donors (Lipinski definition) is 3. The predicted octanol–water partition coefficient (Wildman–Crippen LogP) is -4.77. The van der Waals surface area contributed by atoms with Crippen LogP contribution >= 0.6 is 23.1 Å². The molecule has 2 aliphatic rings. The summed E-state index contributed by atoms with van der Waals surface area (Å²) >= 11 is 2.28. The zero-order valence-electron chi connectivity index (χ0n) is 14.2. The number of aliphatic carboxylic acids is 1. The van der Waals surface area contributed by atoms with E-state index in [0.29, 0.717) is 0 Å². The molecule has 1 aromatic heterocycles. The molecule has 0 radical (unpaired) electrons. The van der Waals surface area contributed by atoms with E-state index in [4.69, 9.17) is 10.9 Å². The number of carbonyl (C=O) groups is 3. The number of rotatable bonds is 5. The minimum absolute atomic E-state index is 0. The number of aromatic nitrogens is 1. The van der Waals surface area contributed by atoms with Crippen LogP contribution in [-0.2, 0) is 14.4 Å². The van der Waals surface area contributed by atoms with E-state index in [9.17, 15) is 19.5 Å². The molecule has 27 heavy (non-hydrogen) atoms. The molecule has 1 aromatic rings. The molecule has 3 rings (SSSR count). The van der Waals surface area contributed by atoms with Crippen molar-refractivity contribution < 1.29 is 76.1 Å². The van der Waals surface area contributed by atoms with Crippen LogP contribution in [0.2, 0.25) is 0 Å². The van der Waals surface area contributed by atoms with Crippen molar-refractivity contribution in [3.8, 4) is 0 Å². The number of fused-ring (bicyclic) bond motifs is 1. The van der Waals surface area contributed by atoms with E-state index in [0.717, 1.165) is 11.3 Å². The maximum Gasteiger partial charge on any atom is 1.00 e. The average molecular weight is 436 g/mol. The monoisotopic (exact) mass is 435 g/mol. The number of thiazole rings is 1. The smallest absolute Gasteiger partial charge is 0.549 e. The number of nitrogens with one attached hydrogen (secondary N) is 1. The minimum atomic E-state index is -1.32. The molecule has 0 saturated carbocycles. The number of nitrogens with zero attached hydrogens (tertiary/aromatic N) is 3. The molecule has 13 heteroatoms. The molecule has 2 amide bonds. The van der Waals surface area contributed by atoms with Gasteiger partial charge in [0.1, 0.15) is 17.1 Å². The molecule has 138 valence electrons. The van der Waals surface area contributed by atoms with E-state index in [-0.39, 0.29) is 80.2 Å². The van der Waals surface area contributed by atoms with E-state index < -0.39 is 34.6 Å². The Hall–Kier alpha value is -0.964. The first kappa shape index (κ1) is 22.3. The van der Waals surface area contributed by atoms with Gasteiger partial charge >= 0.3 is 51.4 Å². The molecule has 3 heterocycles. The molecule has 0 aliphatic carbocycles. The van der Waals surface area contributed by atoms with Gasteiger partial charge in [0, 0.05) is 17.7 Å². The number of amides is 2. The van der Waals surface area contributed by atoms with Gasteiger partial charge in [0.2, 0.25) is 5.91 Å². The Morgan fingerprint density at radius 3 is 2.81 bits per heavy atom. The van der Waals surface area contributed by atoms with E-state index >= 15 is 0 Å². The first-order valence-electron chi connectivity index (χ1n) is 7.34. The number of nitrogens with two attached hydrogens (primary N) is 1. The van der Waals surface area contributed by atoms with Crippen LogP contribution in [0.3, 0.4) is 0 Å². The summed E-state index contributed by atoms with van der Waals surface area (Å²) in [5, 5.41) is 27.1. The van der Waals surface area contributed by atoms with Gasteiger partial charge in [-0.3, -0.25) is 9.59 Å². The zero-order valence-corrected chi connectivity index (χ0v) is 19.0. The summed E-state index contributed by atoms with van der Waals surface area (Å²) in [6, 6.07) is -0.857. The van der Waals surface area contributed by atoms with Crippen molar-refractivity contribution in [2.75, 3.05) is 18.0 Å². The maximum absolute atomic E-state index is 12.3. The topological polar surface area (TPSA) is 161 Å². The van der Waals surface area contributed by atoms with Crippen LogP contribution in [0.5, 0.6) is 0 Å².